The zero-order valence-corrected chi connectivity index (χ0v) is 17.6. The fourth-order valence-corrected chi connectivity index (χ4v) is 4.04. The van der Waals surface area contributed by atoms with Gasteiger partial charge < -0.3 is 14.5 Å². The molecule has 2 aromatic rings. The Morgan fingerprint density at radius 3 is 2.67 bits per heavy atom. The van der Waals surface area contributed by atoms with Crippen LogP contribution in [0.5, 0.6) is 5.75 Å². The summed E-state index contributed by atoms with van der Waals surface area (Å²) in [5, 5.41) is 6.31. The average molecular weight is 410 g/mol. The van der Waals surface area contributed by atoms with Gasteiger partial charge in [-0.2, -0.15) is 5.10 Å². The summed E-state index contributed by atoms with van der Waals surface area (Å²) in [6, 6.07) is 13.9. The van der Waals surface area contributed by atoms with Crippen molar-refractivity contribution in [1.82, 2.24) is 14.8 Å². The smallest absolute Gasteiger partial charge is 0.341 e. The van der Waals surface area contributed by atoms with Crippen LogP contribution < -0.4 is 4.74 Å². The van der Waals surface area contributed by atoms with E-state index in [1.807, 2.05) is 56.3 Å². The maximum atomic E-state index is 14.0. The molecule has 0 saturated carbocycles. The summed E-state index contributed by atoms with van der Waals surface area (Å²) in [5.74, 6) is 0.105. The fraction of sp³-hybridized carbons (Fsp3) is 0.391. The summed E-state index contributed by atoms with van der Waals surface area (Å²) >= 11 is 0. The third-order valence-corrected chi connectivity index (χ3v) is 5.65. The maximum Gasteiger partial charge on any atom is 0.341 e. The molecule has 2 amide bonds. The third-order valence-electron chi connectivity index (χ3n) is 5.65. The highest BCUT2D eigenvalue weighted by Gasteiger charge is 2.46. The van der Waals surface area contributed by atoms with E-state index in [4.69, 9.17) is 9.84 Å². The molecule has 0 radical (unpaired) electrons. The second-order valence-electron chi connectivity index (χ2n) is 7.91. The van der Waals surface area contributed by atoms with Crippen molar-refractivity contribution in [3.05, 3.63) is 65.5 Å². The van der Waals surface area contributed by atoms with E-state index in [9.17, 15) is 9.18 Å². The number of likely N-dealkylation sites (N-methyl/N-ethyl adjacent to an activating group) is 2. The van der Waals surface area contributed by atoms with Crippen LogP contribution in [0, 0.1) is 11.7 Å². The number of urea groups is 1. The molecule has 6 nitrogen and oxygen atoms in total. The zero-order valence-electron chi connectivity index (χ0n) is 17.6. The Bertz CT molecular complexity index is 947. The van der Waals surface area contributed by atoms with E-state index in [-0.39, 0.29) is 23.8 Å². The van der Waals surface area contributed by atoms with Crippen molar-refractivity contribution >= 4 is 11.7 Å². The van der Waals surface area contributed by atoms with Crippen LogP contribution in [0.4, 0.5) is 9.18 Å². The first-order valence-electron chi connectivity index (χ1n) is 10.3. The highest BCUT2D eigenvalue weighted by Crippen LogP contribution is 2.43. The minimum atomic E-state index is -0.345. The van der Waals surface area contributed by atoms with E-state index < -0.39 is 0 Å². The molecule has 2 atom stereocenters. The van der Waals surface area contributed by atoms with Crippen molar-refractivity contribution in [2.24, 2.45) is 11.0 Å². The summed E-state index contributed by atoms with van der Waals surface area (Å²) < 4.78 is 19.9. The van der Waals surface area contributed by atoms with Crippen LogP contribution in [0.1, 0.15) is 24.1 Å². The van der Waals surface area contributed by atoms with E-state index in [1.165, 1.54) is 12.1 Å². The Balaban J connectivity index is 1.73. The Kier molecular flexibility index (Phi) is 5.72. The summed E-state index contributed by atoms with van der Waals surface area (Å²) in [5.41, 5.74) is 2.32. The normalized spacial score (nSPS) is 19.8. The summed E-state index contributed by atoms with van der Waals surface area (Å²) in [7, 11) is 3.97. The Labute approximate surface area is 176 Å². The molecule has 7 heteroatoms. The van der Waals surface area contributed by atoms with Crippen LogP contribution in [0.25, 0.3) is 0 Å². The van der Waals surface area contributed by atoms with Crippen molar-refractivity contribution in [3.63, 3.8) is 0 Å². The zero-order chi connectivity index (χ0) is 21.3. The van der Waals surface area contributed by atoms with E-state index in [2.05, 4.69) is 0 Å². The number of ether oxygens (including phenoxy) is 1. The Morgan fingerprint density at radius 2 is 1.97 bits per heavy atom. The molecule has 30 heavy (non-hydrogen) atoms. The van der Waals surface area contributed by atoms with Crippen LogP contribution >= 0.6 is 0 Å². The van der Waals surface area contributed by atoms with Gasteiger partial charge in [-0.3, -0.25) is 0 Å². The lowest BCUT2D eigenvalue weighted by molar-refractivity contribution is 0.125. The number of hydrogen-bond donors (Lipinski definition) is 0. The number of amides is 2. The summed E-state index contributed by atoms with van der Waals surface area (Å²) in [4.78, 5) is 17.4. The van der Waals surface area contributed by atoms with Gasteiger partial charge in [0.2, 0.25) is 0 Å². The van der Waals surface area contributed by atoms with Crippen molar-refractivity contribution < 1.29 is 13.9 Å². The van der Waals surface area contributed by atoms with Gasteiger partial charge in [-0.25, -0.2) is 14.2 Å². The quantitative estimate of drug-likeness (QED) is 0.757. The first kappa shape index (κ1) is 20.3. The fourth-order valence-electron chi connectivity index (χ4n) is 4.04. The topological polar surface area (TPSA) is 48.4 Å². The molecule has 0 unspecified atom stereocenters. The molecule has 2 heterocycles. The Morgan fingerprint density at radius 1 is 1.20 bits per heavy atom. The van der Waals surface area contributed by atoms with Gasteiger partial charge in [0.15, 0.2) is 0 Å². The average Bonchev–Trinajstić information content (AvgIpc) is 3.14. The molecule has 4 rings (SSSR count). The van der Waals surface area contributed by atoms with Crippen molar-refractivity contribution in [2.75, 3.05) is 40.3 Å². The molecule has 0 bridgehead atoms. The summed E-state index contributed by atoms with van der Waals surface area (Å²) in [6.45, 7) is 4.32. The number of halogens is 1. The molecular weight excluding hydrogens is 383 g/mol. The van der Waals surface area contributed by atoms with Crippen LogP contribution in [-0.2, 0) is 0 Å². The number of hydrogen-bond acceptors (Lipinski definition) is 4. The lowest BCUT2D eigenvalue weighted by Crippen LogP contribution is -2.44. The van der Waals surface area contributed by atoms with E-state index in [0.717, 1.165) is 12.1 Å². The van der Waals surface area contributed by atoms with Gasteiger partial charge in [-0.05, 0) is 44.8 Å². The molecule has 2 aliphatic heterocycles. The number of nitrogens with zero attached hydrogens (tertiary/aromatic N) is 4. The number of carbonyl (C=O) groups is 1. The highest BCUT2D eigenvalue weighted by molar-refractivity contribution is 6.07. The molecule has 2 aliphatic rings. The number of fused-ring (bicyclic) bond motifs is 3. The molecular formula is C23H27FN4O2. The van der Waals surface area contributed by atoms with Gasteiger partial charge in [0.1, 0.15) is 11.6 Å². The molecule has 0 saturated heterocycles. The van der Waals surface area contributed by atoms with Gasteiger partial charge in [-0.15, -0.1) is 0 Å². The predicted molar refractivity (Wildman–Crippen MR) is 114 cm³/mol. The van der Waals surface area contributed by atoms with Gasteiger partial charge in [0, 0.05) is 25.2 Å². The monoisotopic (exact) mass is 410 g/mol. The predicted octanol–water partition coefficient (Wildman–Crippen LogP) is 3.60. The van der Waals surface area contributed by atoms with Gasteiger partial charge >= 0.3 is 6.03 Å². The van der Waals surface area contributed by atoms with E-state index in [1.54, 1.807) is 16.0 Å². The van der Waals surface area contributed by atoms with Crippen molar-refractivity contribution in [3.8, 4) is 5.75 Å². The minimum absolute atomic E-state index is 0.145. The van der Waals surface area contributed by atoms with Gasteiger partial charge in [0.25, 0.3) is 0 Å². The van der Waals surface area contributed by atoms with Crippen molar-refractivity contribution in [1.29, 1.82) is 0 Å². The number of benzene rings is 2. The molecule has 2 aromatic carbocycles. The van der Waals surface area contributed by atoms with Crippen LogP contribution in [0.3, 0.4) is 0 Å². The largest absolute Gasteiger partial charge is 0.492 e. The summed E-state index contributed by atoms with van der Waals surface area (Å²) in [6.07, 6.45) is 0. The third kappa shape index (κ3) is 3.77. The SMILES string of the molecule is CCN(CCN(C)C)C(=O)N1N=C2c3cc(F)ccc3OC[C@@H]2[C@@H]1c1ccccc1. The first-order chi connectivity index (χ1) is 14.5. The van der Waals surface area contributed by atoms with Crippen molar-refractivity contribution in [2.45, 2.75) is 13.0 Å². The molecule has 0 spiro atoms. The number of carbonyl (C=O) groups excluding carboxylic acids is 1. The van der Waals surface area contributed by atoms with Crippen LogP contribution in [-0.4, -0.2) is 66.9 Å². The van der Waals surface area contributed by atoms with E-state index in [0.29, 0.717) is 36.7 Å². The van der Waals surface area contributed by atoms with E-state index >= 15 is 0 Å². The molecule has 0 aromatic heterocycles. The van der Waals surface area contributed by atoms with Crippen LogP contribution in [0.15, 0.2) is 53.6 Å². The van der Waals surface area contributed by atoms with Crippen LogP contribution in [0.2, 0.25) is 0 Å². The molecule has 0 N–H and O–H groups in total. The standard InChI is InChI=1S/C23H27FN4O2/c1-4-27(13-12-26(2)3)23(29)28-22(16-8-6-5-7-9-16)19-15-30-20-11-10-17(24)14-18(20)21(19)25-28/h5-11,14,19,22H,4,12-13,15H2,1-3H3/t19-,22-/m0/s1. The molecule has 158 valence electrons. The maximum absolute atomic E-state index is 14.0. The lowest BCUT2D eigenvalue weighted by Gasteiger charge is -2.32. The first-order valence-corrected chi connectivity index (χ1v) is 10.3. The molecule has 0 aliphatic carbocycles. The highest BCUT2D eigenvalue weighted by atomic mass is 19.1. The second-order valence-corrected chi connectivity index (χ2v) is 7.91. The lowest BCUT2D eigenvalue weighted by atomic mass is 9.86. The molecule has 0 fully saturated rings. The van der Waals surface area contributed by atoms with Gasteiger partial charge in [-0.1, -0.05) is 30.3 Å². The second kappa shape index (κ2) is 8.44. The number of hydrazone groups is 1. The van der Waals surface area contributed by atoms with Gasteiger partial charge in [0.05, 0.1) is 24.3 Å². The Hall–Kier alpha value is -2.93. The number of rotatable bonds is 5. The minimum Gasteiger partial charge on any atom is -0.492 e.